The molecule has 1 amide bonds. The quantitative estimate of drug-likeness (QED) is 0.888. The predicted octanol–water partition coefficient (Wildman–Crippen LogP) is 3.04. The number of nitrogens with one attached hydrogen (secondary N) is 1. The van der Waals surface area contributed by atoms with Crippen LogP contribution < -0.4 is 11.1 Å². The summed E-state index contributed by atoms with van der Waals surface area (Å²) in [5.74, 6) is -0.405. The van der Waals surface area contributed by atoms with Gasteiger partial charge in [-0.05, 0) is 41.8 Å². The first-order valence-electron chi connectivity index (χ1n) is 6.41. The number of hydrogen-bond donors (Lipinski definition) is 2. The third kappa shape index (κ3) is 3.83. The Hall–Kier alpha value is -1.84. The van der Waals surface area contributed by atoms with Crippen molar-refractivity contribution in [2.45, 2.75) is 20.0 Å². The second-order valence-corrected chi connectivity index (χ2v) is 5.16. The maximum absolute atomic E-state index is 11.1. The molecule has 4 heteroatoms. The zero-order valence-electron chi connectivity index (χ0n) is 11.3. The monoisotopic (exact) mass is 288 g/mol. The van der Waals surface area contributed by atoms with Crippen LogP contribution in [0.5, 0.6) is 0 Å². The number of carbonyl (C=O) groups is 1. The fraction of sp³-hybridized carbons (Fsp3) is 0.188. The standard InChI is InChI=1S/C16H17ClN2O/c1-11-5-6-13(8-15(11)17)10-19-9-12-3-2-4-14(7-12)16(18)20/h2-8,19H,9-10H2,1H3,(H2,18,20). The SMILES string of the molecule is Cc1ccc(CNCc2cccc(C(N)=O)c2)cc1Cl. The van der Waals surface area contributed by atoms with Gasteiger partial charge in [0, 0.05) is 23.7 Å². The highest BCUT2D eigenvalue weighted by atomic mass is 35.5. The number of nitrogens with two attached hydrogens (primary N) is 1. The van der Waals surface area contributed by atoms with Gasteiger partial charge in [-0.3, -0.25) is 4.79 Å². The van der Waals surface area contributed by atoms with Gasteiger partial charge < -0.3 is 11.1 Å². The average molecular weight is 289 g/mol. The van der Waals surface area contributed by atoms with E-state index in [4.69, 9.17) is 17.3 Å². The van der Waals surface area contributed by atoms with Crippen LogP contribution in [0.1, 0.15) is 27.0 Å². The summed E-state index contributed by atoms with van der Waals surface area (Å²) in [6.07, 6.45) is 0. The summed E-state index contributed by atoms with van der Waals surface area (Å²) in [6, 6.07) is 13.3. The Morgan fingerprint density at radius 1 is 1.15 bits per heavy atom. The minimum absolute atomic E-state index is 0.405. The number of benzene rings is 2. The van der Waals surface area contributed by atoms with E-state index in [0.717, 1.165) is 28.3 Å². The zero-order chi connectivity index (χ0) is 14.5. The van der Waals surface area contributed by atoms with Gasteiger partial charge in [0.1, 0.15) is 0 Å². The Balaban J connectivity index is 1.94. The molecule has 0 radical (unpaired) electrons. The molecule has 3 nitrogen and oxygen atoms in total. The zero-order valence-corrected chi connectivity index (χ0v) is 12.1. The summed E-state index contributed by atoms with van der Waals surface area (Å²) < 4.78 is 0. The fourth-order valence-corrected chi connectivity index (χ4v) is 2.14. The van der Waals surface area contributed by atoms with Gasteiger partial charge in [-0.1, -0.05) is 35.9 Å². The molecule has 0 unspecified atom stereocenters. The number of hydrogen-bond acceptors (Lipinski definition) is 2. The molecule has 104 valence electrons. The Bertz CT molecular complexity index is 626. The molecule has 0 heterocycles. The molecule has 3 N–H and O–H groups in total. The molecule has 0 aliphatic heterocycles. The van der Waals surface area contributed by atoms with Crippen molar-refractivity contribution in [3.05, 3.63) is 69.7 Å². The van der Waals surface area contributed by atoms with E-state index >= 15 is 0 Å². The second-order valence-electron chi connectivity index (χ2n) is 4.75. The van der Waals surface area contributed by atoms with Gasteiger partial charge in [0.25, 0.3) is 0 Å². The van der Waals surface area contributed by atoms with E-state index < -0.39 is 5.91 Å². The normalized spacial score (nSPS) is 10.5. The number of halogens is 1. The molecule has 0 saturated carbocycles. The summed E-state index contributed by atoms with van der Waals surface area (Å²) in [4.78, 5) is 11.1. The average Bonchev–Trinajstić information content (AvgIpc) is 2.43. The van der Waals surface area contributed by atoms with Crippen molar-refractivity contribution in [2.24, 2.45) is 5.73 Å². The van der Waals surface area contributed by atoms with E-state index in [-0.39, 0.29) is 0 Å². The molecule has 2 aromatic carbocycles. The Kier molecular flexibility index (Phi) is 4.77. The van der Waals surface area contributed by atoms with Crippen LogP contribution in [0.3, 0.4) is 0 Å². The molecule has 0 fully saturated rings. The third-order valence-electron chi connectivity index (χ3n) is 3.11. The van der Waals surface area contributed by atoms with Crippen LogP contribution in [0.25, 0.3) is 0 Å². The molecule has 0 spiro atoms. The minimum atomic E-state index is -0.405. The lowest BCUT2D eigenvalue weighted by molar-refractivity contribution is 0.1000. The maximum Gasteiger partial charge on any atom is 0.248 e. The molecule has 2 aromatic rings. The third-order valence-corrected chi connectivity index (χ3v) is 3.51. The van der Waals surface area contributed by atoms with Crippen LogP contribution in [0.2, 0.25) is 5.02 Å². The van der Waals surface area contributed by atoms with E-state index in [1.165, 1.54) is 0 Å². The van der Waals surface area contributed by atoms with Crippen molar-refractivity contribution in [3.63, 3.8) is 0 Å². The van der Waals surface area contributed by atoms with E-state index in [2.05, 4.69) is 5.32 Å². The van der Waals surface area contributed by atoms with Crippen molar-refractivity contribution >= 4 is 17.5 Å². The summed E-state index contributed by atoms with van der Waals surface area (Å²) in [5.41, 5.74) is 9.02. The van der Waals surface area contributed by atoms with Gasteiger partial charge in [-0.15, -0.1) is 0 Å². The lowest BCUT2D eigenvalue weighted by Gasteiger charge is -2.07. The smallest absolute Gasteiger partial charge is 0.248 e. The Labute approximate surface area is 123 Å². The van der Waals surface area contributed by atoms with Crippen LogP contribution in [0.15, 0.2) is 42.5 Å². The fourth-order valence-electron chi connectivity index (χ4n) is 1.93. The van der Waals surface area contributed by atoms with Gasteiger partial charge in [-0.25, -0.2) is 0 Å². The van der Waals surface area contributed by atoms with E-state index in [9.17, 15) is 4.79 Å². The van der Waals surface area contributed by atoms with Crippen LogP contribution in [-0.2, 0) is 13.1 Å². The topological polar surface area (TPSA) is 55.1 Å². The summed E-state index contributed by atoms with van der Waals surface area (Å²) in [5, 5.41) is 4.10. The van der Waals surface area contributed by atoms with Gasteiger partial charge in [0.2, 0.25) is 5.91 Å². The molecule has 0 saturated heterocycles. The first-order chi connectivity index (χ1) is 9.56. The first kappa shape index (κ1) is 14.6. The molecule has 0 bridgehead atoms. The van der Waals surface area contributed by atoms with Gasteiger partial charge in [0.05, 0.1) is 0 Å². The number of primary amides is 1. The van der Waals surface area contributed by atoms with Gasteiger partial charge >= 0.3 is 0 Å². The van der Waals surface area contributed by atoms with Crippen molar-refractivity contribution in [3.8, 4) is 0 Å². The van der Waals surface area contributed by atoms with Crippen LogP contribution in [-0.4, -0.2) is 5.91 Å². The Morgan fingerprint density at radius 3 is 2.50 bits per heavy atom. The lowest BCUT2D eigenvalue weighted by atomic mass is 10.1. The van der Waals surface area contributed by atoms with Gasteiger partial charge in [-0.2, -0.15) is 0 Å². The molecule has 0 aliphatic carbocycles. The molecule has 0 aromatic heterocycles. The van der Waals surface area contributed by atoms with Crippen LogP contribution in [0.4, 0.5) is 0 Å². The highest BCUT2D eigenvalue weighted by Crippen LogP contribution is 2.16. The van der Waals surface area contributed by atoms with Crippen molar-refractivity contribution in [2.75, 3.05) is 0 Å². The molecule has 20 heavy (non-hydrogen) atoms. The molecular weight excluding hydrogens is 272 g/mol. The van der Waals surface area contributed by atoms with Crippen LogP contribution in [0, 0.1) is 6.92 Å². The highest BCUT2D eigenvalue weighted by molar-refractivity contribution is 6.31. The van der Waals surface area contributed by atoms with Crippen molar-refractivity contribution in [1.29, 1.82) is 0 Å². The number of amides is 1. The maximum atomic E-state index is 11.1. The number of aryl methyl sites for hydroxylation is 1. The van der Waals surface area contributed by atoms with Crippen molar-refractivity contribution in [1.82, 2.24) is 5.32 Å². The number of carbonyl (C=O) groups excluding carboxylic acids is 1. The minimum Gasteiger partial charge on any atom is -0.366 e. The van der Waals surface area contributed by atoms with Crippen LogP contribution >= 0.6 is 11.6 Å². The number of rotatable bonds is 5. The highest BCUT2D eigenvalue weighted by Gasteiger charge is 2.02. The first-order valence-corrected chi connectivity index (χ1v) is 6.78. The lowest BCUT2D eigenvalue weighted by Crippen LogP contribution is -2.15. The second kappa shape index (κ2) is 6.55. The largest absolute Gasteiger partial charge is 0.366 e. The van der Waals surface area contributed by atoms with E-state index in [1.807, 2.05) is 37.3 Å². The predicted molar refractivity (Wildman–Crippen MR) is 81.7 cm³/mol. The molecule has 0 atom stereocenters. The van der Waals surface area contributed by atoms with Gasteiger partial charge in [0.15, 0.2) is 0 Å². The van der Waals surface area contributed by atoms with Crippen molar-refractivity contribution < 1.29 is 4.79 Å². The Morgan fingerprint density at radius 2 is 1.85 bits per heavy atom. The van der Waals surface area contributed by atoms with E-state index in [1.54, 1.807) is 12.1 Å². The summed E-state index contributed by atoms with van der Waals surface area (Å²) in [7, 11) is 0. The molecule has 0 aliphatic rings. The molecule has 2 rings (SSSR count). The molecular formula is C16H17ClN2O. The summed E-state index contributed by atoms with van der Waals surface area (Å²) >= 11 is 6.09. The summed E-state index contributed by atoms with van der Waals surface area (Å²) in [6.45, 7) is 3.38. The van der Waals surface area contributed by atoms with E-state index in [0.29, 0.717) is 12.1 Å².